The number of benzene rings is 2. The fraction of sp³-hybridized carbons (Fsp3) is 0.0625. The van der Waals surface area contributed by atoms with E-state index in [4.69, 9.17) is 5.73 Å². The third-order valence-electron chi connectivity index (χ3n) is 3.23. The van der Waals surface area contributed by atoms with Gasteiger partial charge in [-0.15, -0.1) is 5.10 Å². The Morgan fingerprint density at radius 1 is 1.05 bits per heavy atom. The molecule has 5 nitrogen and oxygen atoms in total. The highest BCUT2D eigenvalue weighted by Crippen LogP contribution is 2.18. The molecule has 104 valence electrons. The molecule has 3 rings (SSSR count). The van der Waals surface area contributed by atoms with E-state index in [9.17, 15) is 4.79 Å². The van der Waals surface area contributed by atoms with Gasteiger partial charge in [-0.05, 0) is 19.1 Å². The van der Waals surface area contributed by atoms with Crippen LogP contribution in [0.2, 0.25) is 0 Å². The minimum absolute atomic E-state index is 0.169. The molecule has 0 aliphatic rings. The van der Waals surface area contributed by atoms with Crippen LogP contribution in [0.25, 0.3) is 5.69 Å². The van der Waals surface area contributed by atoms with Crippen molar-refractivity contribution in [1.82, 2.24) is 15.0 Å². The van der Waals surface area contributed by atoms with Crippen molar-refractivity contribution in [3.05, 3.63) is 71.4 Å². The zero-order chi connectivity index (χ0) is 14.8. The zero-order valence-corrected chi connectivity index (χ0v) is 11.5. The van der Waals surface area contributed by atoms with Gasteiger partial charge in [0, 0.05) is 5.56 Å². The molecule has 5 heteroatoms. The zero-order valence-electron chi connectivity index (χ0n) is 11.5. The molecule has 3 aromatic rings. The lowest BCUT2D eigenvalue weighted by Gasteiger charge is -2.03. The van der Waals surface area contributed by atoms with Gasteiger partial charge < -0.3 is 5.73 Å². The quantitative estimate of drug-likeness (QED) is 0.746. The number of para-hydroxylation sites is 1. The van der Waals surface area contributed by atoms with Crippen LogP contribution in [0.1, 0.15) is 21.6 Å². The monoisotopic (exact) mass is 278 g/mol. The topological polar surface area (TPSA) is 73.8 Å². The molecule has 1 aromatic heterocycles. The van der Waals surface area contributed by atoms with Crippen molar-refractivity contribution in [1.29, 1.82) is 0 Å². The Balaban J connectivity index is 1.99. The van der Waals surface area contributed by atoms with Crippen LogP contribution in [0.15, 0.2) is 54.6 Å². The van der Waals surface area contributed by atoms with E-state index >= 15 is 0 Å². The maximum Gasteiger partial charge on any atom is 0.217 e. The van der Waals surface area contributed by atoms with E-state index < -0.39 is 0 Å². The standard InChI is InChI=1S/C16H14N4O/c1-11-7-9-12(10-8-11)15(21)14-16(17)20(19-18-14)13-5-3-2-4-6-13/h2-10H,17H2,1H3. The van der Waals surface area contributed by atoms with E-state index in [1.165, 1.54) is 4.68 Å². The van der Waals surface area contributed by atoms with Gasteiger partial charge >= 0.3 is 0 Å². The van der Waals surface area contributed by atoms with Crippen LogP contribution in [-0.2, 0) is 0 Å². The lowest BCUT2D eigenvalue weighted by Crippen LogP contribution is -2.07. The third-order valence-corrected chi connectivity index (χ3v) is 3.23. The summed E-state index contributed by atoms with van der Waals surface area (Å²) in [6.45, 7) is 1.97. The number of nitrogens with zero attached hydrogens (tertiary/aromatic N) is 3. The Morgan fingerprint density at radius 3 is 2.38 bits per heavy atom. The van der Waals surface area contributed by atoms with Gasteiger partial charge in [-0.2, -0.15) is 4.68 Å². The molecule has 2 N–H and O–H groups in total. The lowest BCUT2D eigenvalue weighted by molar-refractivity contribution is 0.103. The van der Waals surface area contributed by atoms with Crippen LogP contribution in [0.4, 0.5) is 5.82 Å². The second-order valence-corrected chi connectivity index (χ2v) is 4.77. The maximum atomic E-state index is 12.4. The van der Waals surface area contributed by atoms with Crippen LogP contribution < -0.4 is 5.73 Å². The number of rotatable bonds is 3. The Morgan fingerprint density at radius 2 is 1.71 bits per heavy atom. The minimum atomic E-state index is -0.227. The third kappa shape index (κ3) is 2.41. The highest BCUT2D eigenvalue weighted by atomic mass is 16.1. The molecule has 0 atom stereocenters. The Hall–Kier alpha value is -2.95. The van der Waals surface area contributed by atoms with Crippen molar-refractivity contribution in [3.63, 3.8) is 0 Å². The molecule has 0 radical (unpaired) electrons. The average molecular weight is 278 g/mol. The van der Waals surface area contributed by atoms with Gasteiger partial charge in [0.2, 0.25) is 5.78 Å². The number of aromatic nitrogens is 3. The summed E-state index contributed by atoms with van der Waals surface area (Å²) in [5.41, 5.74) is 8.60. The van der Waals surface area contributed by atoms with Crippen LogP contribution in [0.5, 0.6) is 0 Å². The number of anilines is 1. The Kier molecular flexibility index (Phi) is 3.23. The van der Waals surface area contributed by atoms with Gasteiger partial charge in [-0.25, -0.2) is 0 Å². The number of carbonyl (C=O) groups excluding carboxylic acids is 1. The lowest BCUT2D eigenvalue weighted by atomic mass is 10.1. The first-order chi connectivity index (χ1) is 10.2. The number of aryl methyl sites for hydroxylation is 1. The first-order valence-electron chi connectivity index (χ1n) is 6.55. The Labute approximate surface area is 122 Å². The van der Waals surface area contributed by atoms with E-state index in [-0.39, 0.29) is 17.3 Å². The highest BCUT2D eigenvalue weighted by molar-refractivity contribution is 6.10. The summed E-state index contributed by atoms with van der Waals surface area (Å²) in [6.07, 6.45) is 0. The smallest absolute Gasteiger partial charge is 0.217 e. The predicted octanol–water partition coefficient (Wildman–Crippen LogP) is 2.39. The van der Waals surface area contributed by atoms with Gasteiger partial charge in [0.15, 0.2) is 11.5 Å². The molecule has 0 bridgehead atoms. The number of nitrogen functional groups attached to an aromatic ring is 1. The molecule has 2 aromatic carbocycles. The fourth-order valence-electron chi connectivity index (χ4n) is 2.05. The van der Waals surface area contributed by atoms with E-state index in [0.717, 1.165) is 11.3 Å². The number of hydrogen-bond donors (Lipinski definition) is 1. The predicted molar refractivity (Wildman–Crippen MR) is 80.4 cm³/mol. The number of hydrogen-bond acceptors (Lipinski definition) is 4. The molecule has 0 unspecified atom stereocenters. The van der Waals surface area contributed by atoms with Crippen molar-refractivity contribution in [2.24, 2.45) is 0 Å². The van der Waals surface area contributed by atoms with Crippen molar-refractivity contribution in [2.75, 3.05) is 5.73 Å². The summed E-state index contributed by atoms with van der Waals surface area (Å²) in [7, 11) is 0. The van der Waals surface area contributed by atoms with E-state index in [1.54, 1.807) is 12.1 Å². The molecular formula is C16H14N4O. The fourth-order valence-corrected chi connectivity index (χ4v) is 2.05. The van der Waals surface area contributed by atoms with E-state index in [2.05, 4.69) is 10.3 Å². The molecule has 0 aliphatic heterocycles. The summed E-state index contributed by atoms with van der Waals surface area (Å²) in [5.74, 6) is 0.0152. The van der Waals surface area contributed by atoms with Gasteiger partial charge in [-0.3, -0.25) is 4.79 Å². The van der Waals surface area contributed by atoms with Crippen molar-refractivity contribution < 1.29 is 4.79 Å². The summed E-state index contributed by atoms with van der Waals surface area (Å²) in [5, 5.41) is 7.90. The summed E-state index contributed by atoms with van der Waals surface area (Å²) >= 11 is 0. The SMILES string of the molecule is Cc1ccc(C(=O)c2nnn(-c3ccccc3)c2N)cc1. The van der Waals surface area contributed by atoms with Gasteiger partial charge in [-0.1, -0.05) is 53.2 Å². The van der Waals surface area contributed by atoms with Crippen LogP contribution in [-0.4, -0.2) is 20.8 Å². The molecule has 1 heterocycles. The van der Waals surface area contributed by atoms with Crippen LogP contribution in [0, 0.1) is 6.92 Å². The molecule has 0 saturated heterocycles. The van der Waals surface area contributed by atoms with Crippen LogP contribution >= 0.6 is 0 Å². The first kappa shape index (κ1) is 13.1. The van der Waals surface area contributed by atoms with Crippen LogP contribution in [0.3, 0.4) is 0 Å². The molecular weight excluding hydrogens is 264 g/mol. The second kappa shape index (κ2) is 5.20. The molecule has 0 amide bonds. The summed E-state index contributed by atoms with van der Waals surface area (Å²) < 4.78 is 1.46. The normalized spacial score (nSPS) is 10.5. The largest absolute Gasteiger partial charge is 0.382 e. The van der Waals surface area contributed by atoms with E-state index in [0.29, 0.717) is 5.56 Å². The number of ketones is 1. The first-order valence-corrected chi connectivity index (χ1v) is 6.55. The molecule has 0 saturated carbocycles. The molecule has 0 spiro atoms. The molecule has 21 heavy (non-hydrogen) atoms. The van der Waals surface area contributed by atoms with E-state index in [1.807, 2.05) is 49.4 Å². The van der Waals surface area contributed by atoms with Gasteiger partial charge in [0.1, 0.15) is 0 Å². The maximum absolute atomic E-state index is 12.4. The number of nitrogens with two attached hydrogens (primary N) is 1. The minimum Gasteiger partial charge on any atom is -0.382 e. The second-order valence-electron chi connectivity index (χ2n) is 4.77. The summed E-state index contributed by atoms with van der Waals surface area (Å²) in [4.78, 5) is 12.4. The molecule has 0 aliphatic carbocycles. The number of carbonyl (C=O) groups is 1. The van der Waals surface area contributed by atoms with Crippen molar-refractivity contribution in [2.45, 2.75) is 6.92 Å². The Bertz CT molecular complexity index is 776. The highest BCUT2D eigenvalue weighted by Gasteiger charge is 2.19. The average Bonchev–Trinajstić information content (AvgIpc) is 2.90. The van der Waals surface area contributed by atoms with Crippen molar-refractivity contribution in [3.8, 4) is 5.69 Å². The molecule has 0 fully saturated rings. The van der Waals surface area contributed by atoms with Crippen molar-refractivity contribution >= 4 is 11.6 Å². The van der Waals surface area contributed by atoms with Gasteiger partial charge in [0.05, 0.1) is 5.69 Å². The summed E-state index contributed by atoms with van der Waals surface area (Å²) in [6, 6.07) is 16.6. The van der Waals surface area contributed by atoms with Gasteiger partial charge in [0.25, 0.3) is 0 Å².